The number of nitrogens with zero attached hydrogens (tertiary/aromatic N) is 1. The molecule has 0 spiro atoms. The van der Waals surface area contributed by atoms with Crippen LogP contribution in [0.1, 0.15) is 45.2 Å². The van der Waals surface area contributed by atoms with Crippen molar-refractivity contribution in [1.29, 1.82) is 0 Å². The fourth-order valence-corrected chi connectivity index (χ4v) is 2.36. The molecule has 27 heavy (non-hydrogen) atoms. The SMILES string of the molecule is C=CCCOC(C)C(=O)NC(CC(=O)OC(C)C)c1ccccc1[N+](=O)[O-]. The van der Waals surface area contributed by atoms with E-state index in [1.54, 1.807) is 32.9 Å². The summed E-state index contributed by atoms with van der Waals surface area (Å²) in [6, 6.07) is 5.06. The topological polar surface area (TPSA) is 108 Å². The van der Waals surface area contributed by atoms with Gasteiger partial charge >= 0.3 is 5.97 Å². The lowest BCUT2D eigenvalue weighted by molar-refractivity contribution is -0.385. The third-order valence-corrected chi connectivity index (χ3v) is 3.62. The molecule has 0 aromatic heterocycles. The molecular weight excluding hydrogens is 352 g/mol. The molecule has 0 aliphatic rings. The summed E-state index contributed by atoms with van der Waals surface area (Å²) >= 11 is 0. The highest BCUT2D eigenvalue weighted by Crippen LogP contribution is 2.27. The highest BCUT2D eigenvalue weighted by Gasteiger charge is 2.28. The summed E-state index contributed by atoms with van der Waals surface area (Å²) in [7, 11) is 0. The Bertz CT molecular complexity index is 674. The zero-order valence-corrected chi connectivity index (χ0v) is 15.8. The van der Waals surface area contributed by atoms with Crippen LogP contribution in [0.4, 0.5) is 5.69 Å². The summed E-state index contributed by atoms with van der Waals surface area (Å²) < 4.78 is 10.5. The molecule has 0 fully saturated rings. The van der Waals surface area contributed by atoms with E-state index in [-0.39, 0.29) is 23.8 Å². The lowest BCUT2D eigenvalue weighted by atomic mass is 10.0. The molecule has 1 aromatic rings. The molecule has 0 aliphatic heterocycles. The molecule has 1 rings (SSSR count). The van der Waals surface area contributed by atoms with Crippen LogP contribution in [0.15, 0.2) is 36.9 Å². The van der Waals surface area contributed by atoms with Gasteiger partial charge in [-0.2, -0.15) is 0 Å². The third-order valence-electron chi connectivity index (χ3n) is 3.62. The van der Waals surface area contributed by atoms with E-state index in [1.807, 2.05) is 0 Å². The Kier molecular flexibility index (Phi) is 9.15. The highest BCUT2D eigenvalue weighted by molar-refractivity contribution is 5.82. The predicted octanol–water partition coefficient (Wildman–Crippen LogP) is 3.08. The van der Waals surface area contributed by atoms with E-state index >= 15 is 0 Å². The number of benzene rings is 1. The molecule has 8 nitrogen and oxygen atoms in total. The van der Waals surface area contributed by atoms with E-state index in [0.29, 0.717) is 13.0 Å². The molecular formula is C19H26N2O6. The Labute approximate surface area is 158 Å². The molecule has 0 bridgehead atoms. The molecule has 1 aromatic carbocycles. The first-order chi connectivity index (χ1) is 12.8. The second-order valence-corrected chi connectivity index (χ2v) is 6.21. The minimum Gasteiger partial charge on any atom is -0.463 e. The number of ether oxygens (including phenoxy) is 2. The van der Waals surface area contributed by atoms with Gasteiger partial charge in [-0.05, 0) is 27.2 Å². The largest absolute Gasteiger partial charge is 0.463 e. The van der Waals surface area contributed by atoms with Crippen molar-refractivity contribution in [3.05, 3.63) is 52.6 Å². The minimum absolute atomic E-state index is 0.180. The molecule has 0 saturated carbocycles. The van der Waals surface area contributed by atoms with Crippen molar-refractivity contribution in [3.63, 3.8) is 0 Å². The van der Waals surface area contributed by atoms with E-state index < -0.39 is 28.9 Å². The van der Waals surface area contributed by atoms with Gasteiger partial charge in [-0.1, -0.05) is 24.3 Å². The Hall–Kier alpha value is -2.74. The van der Waals surface area contributed by atoms with Gasteiger partial charge in [-0.25, -0.2) is 0 Å². The van der Waals surface area contributed by atoms with Crippen LogP contribution >= 0.6 is 0 Å². The number of hydrogen-bond donors (Lipinski definition) is 1. The molecule has 2 atom stereocenters. The van der Waals surface area contributed by atoms with E-state index in [4.69, 9.17) is 9.47 Å². The van der Waals surface area contributed by atoms with E-state index in [2.05, 4.69) is 11.9 Å². The van der Waals surface area contributed by atoms with Crippen molar-refractivity contribution in [3.8, 4) is 0 Å². The molecule has 0 saturated heterocycles. The van der Waals surface area contributed by atoms with Gasteiger partial charge in [-0.15, -0.1) is 6.58 Å². The van der Waals surface area contributed by atoms with Crippen LogP contribution in [0, 0.1) is 10.1 Å². The summed E-state index contributed by atoms with van der Waals surface area (Å²) in [6.45, 7) is 8.87. The number of esters is 1. The maximum absolute atomic E-state index is 12.4. The van der Waals surface area contributed by atoms with Crippen molar-refractivity contribution >= 4 is 17.6 Å². The van der Waals surface area contributed by atoms with Crippen LogP contribution in [0.25, 0.3) is 0 Å². The lowest BCUT2D eigenvalue weighted by Gasteiger charge is -2.21. The Morgan fingerprint density at radius 3 is 2.56 bits per heavy atom. The van der Waals surface area contributed by atoms with Gasteiger partial charge in [-0.3, -0.25) is 19.7 Å². The van der Waals surface area contributed by atoms with Crippen molar-refractivity contribution in [2.75, 3.05) is 6.61 Å². The molecule has 0 heterocycles. The van der Waals surface area contributed by atoms with Crippen molar-refractivity contribution in [1.82, 2.24) is 5.32 Å². The lowest BCUT2D eigenvalue weighted by Crippen LogP contribution is -2.38. The summed E-state index contributed by atoms with van der Waals surface area (Å²) in [5, 5.41) is 14.0. The number of carbonyl (C=O) groups excluding carboxylic acids is 2. The highest BCUT2D eigenvalue weighted by atomic mass is 16.6. The minimum atomic E-state index is -0.907. The Morgan fingerprint density at radius 2 is 1.96 bits per heavy atom. The maximum atomic E-state index is 12.4. The normalized spacial score (nSPS) is 12.9. The number of hydrogen-bond acceptors (Lipinski definition) is 6. The molecule has 0 radical (unpaired) electrons. The molecule has 0 aliphatic carbocycles. The van der Waals surface area contributed by atoms with E-state index in [1.165, 1.54) is 18.2 Å². The summed E-state index contributed by atoms with van der Waals surface area (Å²) in [5.74, 6) is -1.03. The van der Waals surface area contributed by atoms with Crippen LogP contribution in [0.3, 0.4) is 0 Å². The zero-order valence-electron chi connectivity index (χ0n) is 15.8. The average molecular weight is 378 g/mol. The van der Waals surface area contributed by atoms with E-state index in [9.17, 15) is 19.7 Å². The van der Waals surface area contributed by atoms with Crippen molar-refractivity contribution in [2.24, 2.45) is 0 Å². The fraction of sp³-hybridized carbons (Fsp3) is 0.474. The van der Waals surface area contributed by atoms with Crippen LogP contribution in [-0.4, -0.2) is 35.6 Å². The number of nitro benzene ring substituents is 1. The van der Waals surface area contributed by atoms with Gasteiger partial charge < -0.3 is 14.8 Å². The second-order valence-electron chi connectivity index (χ2n) is 6.21. The first-order valence-corrected chi connectivity index (χ1v) is 8.71. The second kappa shape index (κ2) is 11.1. The first-order valence-electron chi connectivity index (χ1n) is 8.71. The van der Waals surface area contributed by atoms with Crippen LogP contribution < -0.4 is 5.32 Å². The maximum Gasteiger partial charge on any atom is 0.308 e. The molecule has 2 unspecified atom stereocenters. The van der Waals surface area contributed by atoms with Gasteiger partial charge in [0, 0.05) is 6.07 Å². The molecule has 148 valence electrons. The third kappa shape index (κ3) is 7.57. The van der Waals surface area contributed by atoms with Crippen LogP contribution in [0.2, 0.25) is 0 Å². The zero-order chi connectivity index (χ0) is 20.4. The van der Waals surface area contributed by atoms with Gasteiger partial charge in [0.15, 0.2) is 0 Å². The van der Waals surface area contributed by atoms with E-state index in [0.717, 1.165) is 0 Å². The molecule has 1 N–H and O–H groups in total. The average Bonchev–Trinajstić information content (AvgIpc) is 2.60. The number of amides is 1. The van der Waals surface area contributed by atoms with Gasteiger partial charge in [0.1, 0.15) is 6.10 Å². The smallest absolute Gasteiger partial charge is 0.308 e. The number of carbonyl (C=O) groups is 2. The van der Waals surface area contributed by atoms with Gasteiger partial charge in [0.05, 0.1) is 35.7 Å². The standard InChI is InChI=1S/C19H26N2O6/c1-5-6-11-26-14(4)19(23)20-16(12-18(22)27-13(2)3)15-9-7-8-10-17(15)21(24)25/h5,7-10,13-14,16H,1,6,11-12H2,2-4H3,(H,20,23). The quantitative estimate of drug-likeness (QED) is 0.208. The van der Waals surface area contributed by atoms with Gasteiger partial charge in [0.2, 0.25) is 5.91 Å². The fourth-order valence-electron chi connectivity index (χ4n) is 2.36. The summed E-state index contributed by atoms with van der Waals surface area (Å²) in [5.41, 5.74) is 0.0511. The van der Waals surface area contributed by atoms with Gasteiger partial charge in [0.25, 0.3) is 5.69 Å². The van der Waals surface area contributed by atoms with Crippen molar-refractivity contribution < 1.29 is 24.0 Å². The molecule has 1 amide bonds. The summed E-state index contributed by atoms with van der Waals surface area (Å²) in [6.07, 6.45) is 0.917. The van der Waals surface area contributed by atoms with Crippen molar-refractivity contribution in [2.45, 2.75) is 51.9 Å². The summed E-state index contributed by atoms with van der Waals surface area (Å²) in [4.78, 5) is 35.3. The Balaban J connectivity index is 3.01. The predicted molar refractivity (Wildman–Crippen MR) is 100 cm³/mol. The number of nitrogens with one attached hydrogen (secondary N) is 1. The van der Waals surface area contributed by atoms with Crippen LogP contribution in [0.5, 0.6) is 0 Å². The number of nitro groups is 1. The van der Waals surface area contributed by atoms with Crippen LogP contribution in [-0.2, 0) is 19.1 Å². The molecule has 8 heteroatoms. The number of rotatable bonds is 11. The first kappa shape index (κ1) is 22.3. The Morgan fingerprint density at radius 1 is 1.30 bits per heavy atom. The monoisotopic (exact) mass is 378 g/mol. The number of para-hydroxylation sites is 1.